The number of ether oxygens (including phenoxy) is 2. The Balaban J connectivity index is 2.06. The van der Waals surface area contributed by atoms with Crippen LogP contribution in [0.2, 0.25) is 5.02 Å². The number of thioether (sulfide) groups is 1. The van der Waals surface area contributed by atoms with Crippen molar-refractivity contribution in [2.45, 2.75) is 23.7 Å². The van der Waals surface area contributed by atoms with E-state index in [1.807, 2.05) is 0 Å². The monoisotopic (exact) mass is 332 g/mol. The summed E-state index contributed by atoms with van der Waals surface area (Å²) in [6, 6.07) is 4.59. The molecule has 1 heterocycles. The summed E-state index contributed by atoms with van der Waals surface area (Å²) in [5.41, 5.74) is 0.425. The summed E-state index contributed by atoms with van der Waals surface area (Å²) in [6.45, 7) is 0.341. The molecule has 2 aromatic rings. The van der Waals surface area contributed by atoms with E-state index < -0.39 is 6.29 Å². The quantitative estimate of drug-likeness (QED) is 0.573. The van der Waals surface area contributed by atoms with Crippen molar-refractivity contribution in [2.24, 2.45) is 0 Å². The van der Waals surface area contributed by atoms with Gasteiger partial charge < -0.3 is 9.47 Å². The van der Waals surface area contributed by atoms with Gasteiger partial charge in [0.25, 0.3) is 0 Å². The van der Waals surface area contributed by atoms with Gasteiger partial charge in [-0.1, -0.05) is 29.4 Å². The zero-order valence-corrected chi connectivity index (χ0v) is 13.1. The van der Waals surface area contributed by atoms with E-state index in [0.717, 1.165) is 0 Å². The summed E-state index contributed by atoms with van der Waals surface area (Å²) in [7, 11) is 3.06. The van der Waals surface area contributed by atoms with Gasteiger partial charge in [-0.3, -0.25) is 0 Å². The number of benzene rings is 1. The Morgan fingerprint density at radius 1 is 1.38 bits per heavy atom. The molecule has 1 aromatic carbocycles. The van der Waals surface area contributed by atoms with Crippen LogP contribution in [0.1, 0.15) is 5.56 Å². The smallest absolute Gasteiger partial charge is 0.209 e. The molecule has 0 aliphatic heterocycles. The maximum Gasteiger partial charge on any atom is 0.209 e. The van der Waals surface area contributed by atoms with Crippen molar-refractivity contribution >= 4 is 23.4 Å². The van der Waals surface area contributed by atoms with Gasteiger partial charge in [0, 0.05) is 30.6 Å². The Morgan fingerprint density at radius 3 is 2.81 bits per heavy atom. The zero-order valence-electron chi connectivity index (χ0n) is 11.5. The second-order valence-corrected chi connectivity index (χ2v) is 5.38. The average Bonchev–Trinajstić information content (AvgIpc) is 2.91. The fraction of sp³-hybridized carbons (Fsp3) is 0.417. The lowest BCUT2D eigenvalue weighted by atomic mass is 10.2. The molecule has 0 radical (unpaired) electrons. The van der Waals surface area contributed by atoms with Gasteiger partial charge in [-0.05, 0) is 22.6 Å². The van der Waals surface area contributed by atoms with Crippen LogP contribution in [0.3, 0.4) is 0 Å². The van der Waals surface area contributed by atoms with Crippen molar-refractivity contribution in [1.82, 2.24) is 20.2 Å². The lowest BCUT2D eigenvalue weighted by molar-refractivity contribution is -0.113. The van der Waals surface area contributed by atoms with Gasteiger partial charge in [-0.2, -0.15) is 0 Å². The van der Waals surface area contributed by atoms with Crippen molar-refractivity contribution in [3.8, 4) is 0 Å². The second kappa shape index (κ2) is 7.69. The van der Waals surface area contributed by atoms with Crippen LogP contribution < -0.4 is 0 Å². The minimum atomic E-state index is -0.454. The third-order valence-electron chi connectivity index (χ3n) is 2.75. The second-order valence-electron chi connectivity index (χ2n) is 4.03. The van der Waals surface area contributed by atoms with Gasteiger partial charge in [-0.25, -0.2) is 9.07 Å². The van der Waals surface area contributed by atoms with Crippen LogP contribution in [0.5, 0.6) is 0 Å². The fourth-order valence-corrected chi connectivity index (χ4v) is 2.84. The molecule has 0 amide bonds. The van der Waals surface area contributed by atoms with E-state index in [1.165, 1.54) is 36.7 Å². The van der Waals surface area contributed by atoms with Crippen LogP contribution in [-0.2, 0) is 21.8 Å². The molecule has 9 heteroatoms. The zero-order chi connectivity index (χ0) is 15.2. The average molecular weight is 333 g/mol. The van der Waals surface area contributed by atoms with E-state index in [9.17, 15) is 4.39 Å². The Kier molecular flexibility index (Phi) is 5.92. The highest BCUT2D eigenvalue weighted by molar-refractivity contribution is 7.98. The highest BCUT2D eigenvalue weighted by Gasteiger charge is 2.15. The molecule has 2 rings (SSSR count). The molecular formula is C12H14ClFN4O2S. The number of hydrogen-bond acceptors (Lipinski definition) is 6. The number of halogens is 2. The van der Waals surface area contributed by atoms with Crippen molar-refractivity contribution < 1.29 is 13.9 Å². The molecule has 0 aliphatic rings. The molecule has 1 aromatic heterocycles. The molecule has 0 bridgehead atoms. The van der Waals surface area contributed by atoms with Crippen LogP contribution in [0.4, 0.5) is 4.39 Å². The molecule has 0 saturated heterocycles. The topological polar surface area (TPSA) is 62.1 Å². The van der Waals surface area contributed by atoms with Crippen LogP contribution in [0.15, 0.2) is 23.4 Å². The molecule has 0 spiro atoms. The van der Waals surface area contributed by atoms with Crippen molar-refractivity contribution in [1.29, 1.82) is 0 Å². The molecule has 0 unspecified atom stereocenters. The molecule has 0 atom stereocenters. The van der Waals surface area contributed by atoms with Crippen LogP contribution in [0, 0.1) is 5.82 Å². The fourth-order valence-electron chi connectivity index (χ4n) is 1.61. The summed E-state index contributed by atoms with van der Waals surface area (Å²) in [5, 5.41) is 12.3. The molecule has 6 nitrogen and oxygen atoms in total. The van der Waals surface area contributed by atoms with Gasteiger partial charge >= 0.3 is 0 Å². The molecule has 0 N–H and O–H groups in total. The molecule has 21 heavy (non-hydrogen) atoms. The summed E-state index contributed by atoms with van der Waals surface area (Å²) in [6.07, 6.45) is -0.454. The summed E-state index contributed by atoms with van der Waals surface area (Å²) >= 11 is 7.28. The van der Waals surface area contributed by atoms with Crippen LogP contribution >= 0.6 is 23.4 Å². The van der Waals surface area contributed by atoms with E-state index in [-0.39, 0.29) is 5.82 Å². The first-order valence-corrected chi connectivity index (χ1v) is 7.39. The maximum absolute atomic E-state index is 13.7. The highest BCUT2D eigenvalue weighted by Crippen LogP contribution is 2.27. The van der Waals surface area contributed by atoms with Gasteiger partial charge in [-0.15, -0.1) is 5.10 Å². The minimum Gasteiger partial charge on any atom is -0.354 e. The first-order chi connectivity index (χ1) is 10.2. The van der Waals surface area contributed by atoms with Crippen molar-refractivity contribution in [2.75, 3.05) is 14.2 Å². The number of hydrogen-bond donors (Lipinski definition) is 0. The molecular weight excluding hydrogens is 319 g/mol. The molecule has 0 fully saturated rings. The predicted molar refractivity (Wildman–Crippen MR) is 76.6 cm³/mol. The number of rotatable bonds is 7. The van der Waals surface area contributed by atoms with E-state index in [1.54, 1.807) is 12.1 Å². The lowest BCUT2D eigenvalue weighted by Crippen LogP contribution is -2.21. The number of aromatic nitrogens is 4. The summed E-state index contributed by atoms with van der Waals surface area (Å²) in [5.74, 6) is -0.0167. The maximum atomic E-state index is 13.7. The van der Waals surface area contributed by atoms with Crippen LogP contribution in [0.25, 0.3) is 0 Å². The van der Waals surface area contributed by atoms with E-state index in [4.69, 9.17) is 21.1 Å². The van der Waals surface area contributed by atoms with E-state index >= 15 is 0 Å². The number of tetrazole rings is 1. The number of nitrogens with zero attached hydrogens (tertiary/aromatic N) is 4. The van der Waals surface area contributed by atoms with Crippen molar-refractivity contribution in [3.63, 3.8) is 0 Å². The standard InChI is InChI=1S/C12H14ClFN4O2S/c1-19-11(20-2)6-18-12(15-16-17-18)21-7-8-9(13)4-3-5-10(8)14/h3-5,11H,6-7H2,1-2H3. The SMILES string of the molecule is COC(Cn1nnnc1SCc1c(F)cccc1Cl)OC. The Bertz CT molecular complexity index is 574. The van der Waals surface area contributed by atoms with Gasteiger partial charge in [0.15, 0.2) is 6.29 Å². The van der Waals surface area contributed by atoms with Gasteiger partial charge in [0.2, 0.25) is 5.16 Å². The minimum absolute atomic E-state index is 0.330. The third-order valence-corrected chi connectivity index (χ3v) is 4.09. The predicted octanol–water partition coefficient (Wildman–Crippen LogP) is 2.38. The Hall–Kier alpha value is -1.22. The first-order valence-electron chi connectivity index (χ1n) is 6.03. The van der Waals surface area contributed by atoms with E-state index in [0.29, 0.717) is 28.0 Å². The highest BCUT2D eigenvalue weighted by atomic mass is 35.5. The van der Waals surface area contributed by atoms with E-state index in [2.05, 4.69) is 15.5 Å². The summed E-state index contributed by atoms with van der Waals surface area (Å²) < 4.78 is 25.4. The first kappa shape index (κ1) is 16.2. The normalized spacial score (nSPS) is 11.3. The third kappa shape index (κ3) is 4.13. The van der Waals surface area contributed by atoms with Gasteiger partial charge in [0.05, 0.1) is 6.54 Å². The van der Waals surface area contributed by atoms with Gasteiger partial charge in [0.1, 0.15) is 5.82 Å². The Morgan fingerprint density at radius 2 is 2.14 bits per heavy atom. The lowest BCUT2D eigenvalue weighted by Gasteiger charge is -2.13. The molecule has 0 saturated carbocycles. The van der Waals surface area contributed by atoms with Crippen LogP contribution in [-0.4, -0.2) is 40.7 Å². The molecule has 114 valence electrons. The number of methoxy groups -OCH3 is 2. The summed E-state index contributed by atoms with van der Waals surface area (Å²) in [4.78, 5) is 0. The molecule has 0 aliphatic carbocycles. The largest absolute Gasteiger partial charge is 0.354 e. The Labute approximate surface area is 130 Å². The van der Waals surface area contributed by atoms with Crippen molar-refractivity contribution in [3.05, 3.63) is 34.6 Å².